The van der Waals surface area contributed by atoms with E-state index >= 15 is 0 Å². The van der Waals surface area contributed by atoms with Gasteiger partial charge >= 0.3 is 0 Å². The zero-order chi connectivity index (χ0) is 14.7. The van der Waals surface area contributed by atoms with E-state index in [0.29, 0.717) is 0 Å². The Labute approximate surface area is 136 Å². The van der Waals surface area contributed by atoms with Gasteiger partial charge in [0.05, 0.1) is 13.2 Å². The second-order valence-electron chi connectivity index (χ2n) is 5.12. The number of carbonyl (C=O) groups excluding carboxylic acids is 1. The topological polar surface area (TPSA) is 50.4 Å². The first-order valence-electron chi connectivity index (χ1n) is 7.01. The minimum atomic E-state index is -0.193. The molecule has 0 radical (unpaired) electrons. The van der Waals surface area contributed by atoms with Gasteiger partial charge in [-0.05, 0) is 41.8 Å². The van der Waals surface area contributed by atoms with Crippen molar-refractivity contribution in [3.05, 3.63) is 59.7 Å². The van der Waals surface area contributed by atoms with Crippen molar-refractivity contribution in [3.63, 3.8) is 0 Å². The highest BCUT2D eigenvalue weighted by Gasteiger charge is 2.23. The van der Waals surface area contributed by atoms with Crippen LogP contribution in [-0.2, 0) is 17.8 Å². The largest absolute Gasteiger partial charge is 0.497 e. The average molecular weight is 319 g/mol. The zero-order valence-electron chi connectivity index (χ0n) is 12.3. The van der Waals surface area contributed by atoms with Gasteiger partial charge in [0.15, 0.2) is 0 Å². The number of anilines is 1. The molecule has 22 heavy (non-hydrogen) atoms. The molecule has 1 aliphatic rings. The average Bonchev–Trinajstić information content (AvgIpc) is 2.55. The van der Waals surface area contributed by atoms with Gasteiger partial charge < -0.3 is 15.4 Å². The highest BCUT2D eigenvalue weighted by atomic mass is 35.5. The predicted molar refractivity (Wildman–Crippen MR) is 89.6 cm³/mol. The second-order valence-corrected chi connectivity index (χ2v) is 5.12. The third-order valence-corrected chi connectivity index (χ3v) is 3.76. The molecule has 2 N–H and O–H groups in total. The maximum Gasteiger partial charge on any atom is 0.241 e. The van der Waals surface area contributed by atoms with Gasteiger partial charge in [-0.3, -0.25) is 4.79 Å². The molecule has 1 atom stereocenters. The Bertz CT molecular complexity index is 643. The fraction of sp³-hybridized carbons (Fsp3) is 0.235. The lowest BCUT2D eigenvalue weighted by Gasteiger charge is -2.25. The quantitative estimate of drug-likeness (QED) is 0.915. The highest BCUT2D eigenvalue weighted by Crippen LogP contribution is 2.18. The summed E-state index contributed by atoms with van der Waals surface area (Å²) in [5.41, 5.74) is 3.29. The lowest BCUT2D eigenvalue weighted by Crippen LogP contribution is -2.44. The normalized spacial score (nSPS) is 16.1. The van der Waals surface area contributed by atoms with Gasteiger partial charge in [0.25, 0.3) is 0 Å². The van der Waals surface area contributed by atoms with Crippen LogP contribution in [0.15, 0.2) is 48.5 Å². The third kappa shape index (κ3) is 3.59. The number of methoxy groups -OCH3 is 1. The maximum absolute atomic E-state index is 12.3. The van der Waals surface area contributed by atoms with Gasteiger partial charge in [-0.1, -0.05) is 24.3 Å². The fourth-order valence-corrected chi connectivity index (χ4v) is 2.54. The van der Waals surface area contributed by atoms with Crippen LogP contribution in [0, 0.1) is 0 Å². The Balaban J connectivity index is 0.00000176. The van der Waals surface area contributed by atoms with Crippen LogP contribution in [0.3, 0.4) is 0 Å². The van der Waals surface area contributed by atoms with Gasteiger partial charge in [-0.2, -0.15) is 0 Å². The molecule has 1 amide bonds. The predicted octanol–water partition coefficient (Wildman–Crippen LogP) is 2.77. The molecule has 0 saturated carbocycles. The van der Waals surface area contributed by atoms with Crippen LogP contribution in [0.4, 0.5) is 5.69 Å². The van der Waals surface area contributed by atoms with Crippen molar-refractivity contribution in [2.45, 2.75) is 19.0 Å². The van der Waals surface area contributed by atoms with Gasteiger partial charge in [-0.25, -0.2) is 0 Å². The molecule has 2 aromatic rings. The molecule has 0 aromatic heterocycles. The number of ether oxygens (including phenoxy) is 1. The first kappa shape index (κ1) is 16.3. The summed E-state index contributed by atoms with van der Waals surface area (Å²) in [6.07, 6.45) is 0.720. The number of amides is 1. The lowest BCUT2D eigenvalue weighted by atomic mass is 9.95. The standard InChI is InChI=1S/C17H18N2O2.ClH/c1-21-15-8-6-14(7-9-15)19-17(20)16-10-12-4-2-3-5-13(12)11-18-16;/h2-9,16,18H,10-11H2,1H3,(H,19,20);1H/t16-;/m0./s1. The summed E-state index contributed by atoms with van der Waals surface area (Å²) in [5.74, 6) is 0.771. The first-order valence-corrected chi connectivity index (χ1v) is 7.01. The minimum absolute atomic E-state index is 0. The molecule has 0 spiro atoms. The van der Waals surface area contributed by atoms with Gasteiger partial charge in [0.2, 0.25) is 5.91 Å². The number of nitrogens with one attached hydrogen (secondary N) is 2. The Morgan fingerprint density at radius 2 is 1.82 bits per heavy atom. The van der Waals surface area contributed by atoms with Crippen molar-refractivity contribution in [2.75, 3.05) is 12.4 Å². The fourth-order valence-electron chi connectivity index (χ4n) is 2.54. The van der Waals surface area contributed by atoms with E-state index in [1.807, 2.05) is 36.4 Å². The number of halogens is 1. The lowest BCUT2D eigenvalue weighted by molar-refractivity contribution is -0.118. The van der Waals surface area contributed by atoms with Crippen molar-refractivity contribution < 1.29 is 9.53 Å². The van der Waals surface area contributed by atoms with Crippen molar-refractivity contribution in [3.8, 4) is 5.75 Å². The summed E-state index contributed by atoms with van der Waals surface area (Å²) in [6, 6.07) is 15.4. The first-order chi connectivity index (χ1) is 10.3. The van der Waals surface area contributed by atoms with E-state index in [1.165, 1.54) is 11.1 Å². The van der Waals surface area contributed by atoms with E-state index in [4.69, 9.17) is 4.74 Å². The van der Waals surface area contributed by atoms with Gasteiger partial charge in [-0.15, -0.1) is 12.4 Å². The molecular formula is C17H19ClN2O2. The van der Waals surface area contributed by atoms with Crippen LogP contribution in [0.2, 0.25) is 0 Å². The Morgan fingerprint density at radius 1 is 1.14 bits per heavy atom. The van der Waals surface area contributed by atoms with E-state index in [-0.39, 0.29) is 24.4 Å². The smallest absolute Gasteiger partial charge is 0.241 e. The van der Waals surface area contributed by atoms with Crippen LogP contribution in [0.25, 0.3) is 0 Å². The molecule has 0 aliphatic carbocycles. The number of benzene rings is 2. The van der Waals surface area contributed by atoms with Crippen molar-refractivity contribution in [1.82, 2.24) is 5.32 Å². The molecule has 0 unspecified atom stereocenters. The SMILES string of the molecule is COc1ccc(NC(=O)[C@@H]2Cc3ccccc3CN2)cc1.Cl. The van der Waals surface area contributed by atoms with Crippen LogP contribution in [0.5, 0.6) is 5.75 Å². The van der Waals surface area contributed by atoms with E-state index in [0.717, 1.165) is 24.4 Å². The highest BCUT2D eigenvalue weighted by molar-refractivity contribution is 5.95. The van der Waals surface area contributed by atoms with Crippen LogP contribution < -0.4 is 15.4 Å². The summed E-state index contributed by atoms with van der Waals surface area (Å²) in [6.45, 7) is 0.733. The molecule has 1 aliphatic heterocycles. The monoisotopic (exact) mass is 318 g/mol. The zero-order valence-corrected chi connectivity index (χ0v) is 13.2. The Morgan fingerprint density at radius 3 is 2.50 bits per heavy atom. The van der Waals surface area contributed by atoms with E-state index in [9.17, 15) is 4.79 Å². The van der Waals surface area contributed by atoms with E-state index in [2.05, 4.69) is 22.8 Å². The molecule has 4 nitrogen and oxygen atoms in total. The van der Waals surface area contributed by atoms with Gasteiger partial charge in [0.1, 0.15) is 5.75 Å². The summed E-state index contributed by atoms with van der Waals surface area (Å²) in [7, 11) is 1.62. The van der Waals surface area contributed by atoms with Crippen LogP contribution in [-0.4, -0.2) is 19.1 Å². The summed E-state index contributed by atoms with van der Waals surface area (Å²) in [5, 5.41) is 6.22. The van der Waals surface area contributed by atoms with Crippen LogP contribution in [0.1, 0.15) is 11.1 Å². The van der Waals surface area contributed by atoms with Crippen molar-refractivity contribution >= 4 is 24.0 Å². The molecule has 1 heterocycles. The van der Waals surface area contributed by atoms with Gasteiger partial charge in [0, 0.05) is 12.2 Å². The Hall–Kier alpha value is -2.04. The number of rotatable bonds is 3. The maximum atomic E-state index is 12.3. The third-order valence-electron chi connectivity index (χ3n) is 3.76. The van der Waals surface area contributed by atoms with E-state index < -0.39 is 0 Å². The number of fused-ring (bicyclic) bond motifs is 1. The molecule has 116 valence electrons. The number of hydrogen-bond donors (Lipinski definition) is 2. The molecule has 0 fully saturated rings. The number of hydrogen-bond acceptors (Lipinski definition) is 3. The molecule has 0 bridgehead atoms. The van der Waals surface area contributed by atoms with Crippen LogP contribution >= 0.6 is 12.4 Å². The summed E-state index contributed by atoms with van der Waals surface area (Å²) in [4.78, 5) is 12.3. The molecular weight excluding hydrogens is 300 g/mol. The Kier molecular flexibility index (Phi) is 5.41. The van der Waals surface area contributed by atoms with Crippen molar-refractivity contribution in [2.24, 2.45) is 0 Å². The summed E-state index contributed by atoms with van der Waals surface area (Å²) < 4.78 is 5.10. The van der Waals surface area contributed by atoms with E-state index in [1.54, 1.807) is 7.11 Å². The molecule has 0 saturated heterocycles. The minimum Gasteiger partial charge on any atom is -0.497 e. The molecule has 3 rings (SSSR count). The molecule has 5 heteroatoms. The molecule has 2 aromatic carbocycles. The summed E-state index contributed by atoms with van der Waals surface area (Å²) >= 11 is 0. The number of carbonyl (C=O) groups is 1. The van der Waals surface area contributed by atoms with Crippen molar-refractivity contribution in [1.29, 1.82) is 0 Å². The second kappa shape index (κ2) is 7.29.